The molecule has 0 saturated carbocycles. The van der Waals surface area contributed by atoms with Gasteiger partial charge in [-0.05, 0) is 56.2 Å². The van der Waals surface area contributed by atoms with Gasteiger partial charge in [0.2, 0.25) is 17.7 Å². The minimum absolute atomic E-state index is 0.0626. The van der Waals surface area contributed by atoms with Gasteiger partial charge >= 0.3 is 0 Å². The zero-order valence-electron chi connectivity index (χ0n) is 21.6. The molecule has 0 aromatic heterocycles. The number of nitrogens with one attached hydrogen (secondary N) is 2. The number of carbonyl (C=O) groups is 3. The molecule has 39 heavy (non-hydrogen) atoms. The summed E-state index contributed by atoms with van der Waals surface area (Å²) in [6, 6.07) is 12.6. The first-order chi connectivity index (χ1) is 18.7. The molecule has 11 heteroatoms. The molecule has 3 heterocycles. The Hall–Kier alpha value is -2.27. The van der Waals surface area contributed by atoms with E-state index in [2.05, 4.69) is 26.6 Å². The van der Waals surface area contributed by atoms with Crippen LogP contribution in [-0.2, 0) is 14.4 Å². The number of anilines is 2. The Bertz CT molecular complexity index is 1260. The first kappa shape index (κ1) is 28.3. The third-order valence-corrected chi connectivity index (χ3v) is 11.5. The number of likely N-dealkylation sites (tertiary alicyclic amines) is 1. The van der Waals surface area contributed by atoms with Crippen LogP contribution in [0.2, 0.25) is 5.02 Å². The number of carbonyl (C=O) groups excluding carboxylic acids is 3. The fourth-order valence-electron chi connectivity index (χ4n) is 6.26. The van der Waals surface area contributed by atoms with Gasteiger partial charge in [0.15, 0.2) is 0 Å². The lowest BCUT2D eigenvalue weighted by Crippen LogP contribution is -2.55. The number of aliphatic hydroxyl groups is 1. The maximum Gasteiger partial charge on any atom is 0.248 e. The first-order valence-corrected chi connectivity index (χ1v) is 15.3. The largest absolute Gasteiger partial charge is 0.494 e. The average molecular weight is 637 g/mol. The summed E-state index contributed by atoms with van der Waals surface area (Å²) in [5, 5.41) is 16.3. The third-order valence-electron chi connectivity index (χ3n) is 7.92. The lowest BCUT2D eigenvalue weighted by molar-refractivity contribution is -0.141. The zero-order chi connectivity index (χ0) is 27.9. The van der Waals surface area contributed by atoms with Crippen molar-refractivity contribution in [3.8, 4) is 5.75 Å². The molecular formula is C28H31BrClN3O5S. The van der Waals surface area contributed by atoms with E-state index in [0.717, 1.165) is 0 Å². The summed E-state index contributed by atoms with van der Waals surface area (Å²) in [5.41, 5.74) is 1.06. The Morgan fingerprint density at radius 3 is 2.54 bits per heavy atom. The molecule has 2 aromatic rings. The molecule has 5 rings (SSSR count). The molecule has 7 atom stereocenters. The molecule has 2 bridgehead atoms. The Balaban J connectivity index is 1.49. The molecular weight excluding hydrogens is 606 g/mol. The van der Waals surface area contributed by atoms with Gasteiger partial charge in [-0.3, -0.25) is 14.4 Å². The van der Waals surface area contributed by atoms with Crippen molar-refractivity contribution in [1.82, 2.24) is 4.90 Å². The van der Waals surface area contributed by atoms with E-state index in [1.165, 1.54) is 4.90 Å². The normalized spacial score (nSPS) is 29.7. The van der Waals surface area contributed by atoms with E-state index in [1.807, 2.05) is 13.8 Å². The lowest BCUT2D eigenvalue weighted by atomic mass is 9.70. The molecule has 3 aliphatic rings. The molecule has 3 amide bonds. The smallest absolute Gasteiger partial charge is 0.248 e. The molecule has 2 aromatic carbocycles. The highest BCUT2D eigenvalue weighted by atomic mass is 79.9. The van der Waals surface area contributed by atoms with Crippen LogP contribution >= 0.6 is 39.3 Å². The maximum atomic E-state index is 14.1. The van der Waals surface area contributed by atoms with Crippen molar-refractivity contribution in [2.45, 2.75) is 53.6 Å². The van der Waals surface area contributed by atoms with Crippen LogP contribution in [0.25, 0.3) is 0 Å². The molecule has 3 fully saturated rings. The van der Waals surface area contributed by atoms with Crippen molar-refractivity contribution in [2.24, 2.45) is 11.8 Å². The summed E-state index contributed by atoms with van der Waals surface area (Å²) in [6.07, 6.45) is 1.01. The quantitative estimate of drug-likeness (QED) is 0.349. The number of amides is 3. The highest BCUT2D eigenvalue weighted by Crippen LogP contribution is 2.68. The van der Waals surface area contributed by atoms with Crippen LogP contribution in [0, 0.1) is 11.8 Å². The van der Waals surface area contributed by atoms with Gasteiger partial charge in [-0.2, -0.15) is 0 Å². The fraction of sp³-hybridized carbons (Fsp3) is 0.464. The number of alkyl halides is 1. The van der Waals surface area contributed by atoms with Gasteiger partial charge in [0, 0.05) is 15.8 Å². The second kappa shape index (κ2) is 11.3. The number of ether oxygens (including phenoxy) is 1. The van der Waals surface area contributed by atoms with E-state index in [1.54, 1.807) is 60.3 Å². The van der Waals surface area contributed by atoms with Crippen LogP contribution in [0.3, 0.4) is 0 Å². The number of halogens is 2. The summed E-state index contributed by atoms with van der Waals surface area (Å²) < 4.78 is 4.66. The molecule has 3 unspecified atom stereocenters. The van der Waals surface area contributed by atoms with Gasteiger partial charge in [-0.25, -0.2) is 0 Å². The van der Waals surface area contributed by atoms with Crippen LogP contribution in [0.5, 0.6) is 5.75 Å². The van der Waals surface area contributed by atoms with E-state index in [0.29, 0.717) is 41.6 Å². The zero-order valence-corrected chi connectivity index (χ0v) is 24.8. The molecule has 0 aliphatic carbocycles. The van der Waals surface area contributed by atoms with Crippen LogP contribution in [0.1, 0.15) is 26.7 Å². The van der Waals surface area contributed by atoms with Crippen molar-refractivity contribution in [3.63, 3.8) is 0 Å². The molecule has 3 aliphatic heterocycles. The summed E-state index contributed by atoms with van der Waals surface area (Å²) >= 11 is 11.6. The van der Waals surface area contributed by atoms with Gasteiger partial charge in [0.1, 0.15) is 11.8 Å². The van der Waals surface area contributed by atoms with Crippen molar-refractivity contribution in [1.29, 1.82) is 0 Å². The molecule has 3 N–H and O–H groups in total. The average Bonchev–Trinajstić information content (AvgIpc) is 3.51. The highest BCUT2D eigenvalue weighted by molar-refractivity contribution is 9.09. The van der Waals surface area contributed by atoms with Gasteiger partial charge in [-0.15, -0.1) is 11.8 Å². The van der Waals surface area contributed by atoms with Crippen molar-refractivity contribution in [3.05, 3.63) is 53.6 Å². The molecule has 3 saturated heterocycles. The number of para-hydroxylation sites is 1. The van der Waals surface area contributed by atoms with Crippen molar-refractivity contribution >= 4 is 68.4 Å². The third kappa shape index (κ3) is 4.83. The predicted octanol–water partition coefficient (Wildman–Crippen LogP) is 4.55. The number of thioether (sulfide) groups is 1. The number of nitrogens with zero attached hydrogens (tertiary/aromatic N) is 1. The monoisotopic (exact) mass is 635 g/mol. The number of benzene rings is 2. The Morgan fingerprint density at radius 1 is 1.18 bits per heavy atom. The predicted molar refractivity (Wildman–Crippen MR) is 157 cm³/mol. The van der Waals surface area contributed by atoms with Crippen LogP contribution in [-0.4, -0.2) is 67.8 Å². The van der Waals surface area contributed by atoms with Crippen molar-refractivity contribution < 1.29 is 24.2 Å². The first-order valence-electron chi connectivity index (χ1n) is 13.1. The van der Waals surface area contributed by atoms with Gasteiger partial charge in [0.25, 0.3) is 0 Å². The number of rotatable bonds is 9. The van der Waals surface area contributed by atoms with E-state index in [9.17, 15) is 19.5 Å². The second-order valence-corrected chi connectivity index (χ2v) is 13.2. The van der Waals surface area contributed by atoms with Crippen molar-refractivity contribution in [2.75, 3.05) is 23.8 Å². The number of aliphatic hydroxyl groups excluding tert-OH is 1. The fourth-order valence-corrected chi connectivity index (χ4v) is 10.0. The second-order valence-electron chi connectivity index (χ2n) is 10.1. The van der Waals surface area contributed by atoms with Gasteiger partial charge in [0.05, 0.1) is 46.5 Å². The Labute approximate surface area is 245 Å². The van der Waals surface area contributed by atoms with Crippen LogP contribution in [0.15, 0.2) is 48.5 Å². The lowest BCUT2D eigenvalue weighted by Gasteiger charge is -2.37. The minimum Gasteiger partial charge on any atom is -0.494 e. The number of hydrogen-bond donors (Lipinski definition) is 3. The molecule has 8 nitrogen and oxygen atoms in total. The summed E-state index contributed by atoms with van der Waals surface area (Å²) in [6.45, 7) is 4.03. The van der Waals surface area contributed by atoms with E-state index >= 15 is 0 Å². The summed E-state index contributed by atoms with van der Waals surface area (Å²) in [5.74, 6) is -1.54. The van der Waals surface area contributed by atoms with Crippen LogP contribution in [0.4, 0.5) is 11.4 Å². The Morgan fingerprint density at radius 2 is 1.90 bits per heavy atom. The minimum atomic E-state index is -0.873. The van der Waals surface area contributed by atoms with E-state index in [-0.39, 0.29) is 34.4 Å². The van der Waals surface area contributed by atoms with Gasteiger partial charge in [-0.1, -0.05) is 46.6 Å². The maximum absolute atomic E-state index is 14.1. The Kier molecular flexibility index (Phi) is 8.20. The van der Waals surface area contributed by atoms with Gasteiger partial charge < -0.3 is 25.4 Å². The van der Waals surface area contributed by atoms with E-state index in [4.69, 9.17) is 16.3 Å². The van der Waals surface area contributed by atoms with Crippen LogP contribution < -0.4 is 15.4 Å². The van der Waals surface area contributed by atoms with E-state index < -0.39 is 28.7 Å². The standard InChI is InChI=1S/C28H31BrClN3O5S/c1-3-16(14-34)33-24(26(36)32-20-8-6-5-7-19(20)30)28-13-18(29)23(39-28)21(22(28)27(33)37)25(35)31-15-9-11-17(12-10-15)38-4-2/h5-12,16,18,21-24,34H,3-4,13-14H2,1-2H3,(H,31,35)(H,32,36)/t16-,18?,21+,22-,23+,24?,28?/m0/s1. The molecule has 208 valence electrons. The molecule has 0 radical (unpaired) electrons. The number of fused-ring (bicyclic) bond motifs is 1. The summed E-state index contributed by atoms with van der Waals surface area (Å²) in [4.78, 5) is 43.3. The highest BCUT2D eigenvalue weighted by Gasteiger charge is 2.76. The SMILES string of the molecule is CCOc1ccc(NC(=O)[C@H]2[C@@H]3SC4(CC3Br)C(C(=O)Nc3ccccc3Cl)N([C@@H](CC)CO)C(=O)[C@H]24)cc1. The topological polar surface area (TPSA) is 108 Å². The molecule has 1 spiro atoms. The summed E-state index contributed by atoms with van der Waals surface area (Å²) in [7, 11) is 0. The number of hydrogen-bond acceptors (Lipinski definition) is 6.